The third-order valence-corrected chi connectivity index (χ3v) is 4.67. The fourth-order valence-corrected chi connectivity index (χ4v) is 3.10. The second-order valence-electron chi connectivity index (χ2n) is 6.66. The summed E-state index contributed by atoms with van der Waals surface area (Å²) in [6, 6.07) is 6.38. The van der Waals surface area contributed by atoms with Gasteiger partial charge in [-0.25, -0.2) is 4.79 Å². The molecule has 8 heteroatoms. The van der Waals surface area contributed by atoms with Crippen LogP contribution in [0.2, 0.25) is 0 Å². The van der Waals surface area contributed by atoms with Crippen LogP contribution in [0.4, 0.5) is 0 Å². The highest BCUT2D eigenvalue weighted by molar-refractivity contribution is 5.99. The molecule has 0 aliphatic heterocycles. The molecule has 1 aromatic carbocycles. The Balaban J connectivity index is 2.21. The minimum absolute atomic E-state index is 0.368. The summed E-state index contributed by atoms with van der Waals surface area (Å²) in [5, 5.41) is 5.26. The van der Waals surface area contributed by atoms with Crippen molar-refractivity contribution in [3.63, 3.8) is 0 Å². The van der Waals surface area contributed by atoms with Gasteiger partial charge in [-0.05, 0) is 43.4 Å². The van der Waals surface area contributed by atoms with Crippen LogP contribution < -0.4 is 10.6 Å². The topological polar surface area (TPSA) is 111 Å². The number of carbonyl (C=O) groups is 4. The lowest BCUT2D eigenvalue weighted by atomic mass is 9.93. The maximum absolute atomic E-state index is 13.0. The van der Waals surface area contributed by atoms with Crippen molar-refractivity contribution in [1.29, 1.82) is 0 Å². The average Bonchev–Trinajstić information content (AvgIpc) is 2.77. The van der Waals surface area contributed by atoms with Gasteiger partial charge in [-0.1, -0.05) is 24.3 Å². The zero-order valence-electron chi connectivity index (χ0n) is 16.6. The summed E-state index contributed by atoms with van der Waals surface area (Å²) < 4.78 is 9.25. The summed E-state index contributed by atoms with van der Waals surface area (Å²) in [5.41, 5.74) is 1.19. The average molecular weight is 402 g/mol. The number of benzene rings is 1. The first-order chi connectivity index (χ1) is 14.0. The molecular formula is C21H26N2O6. The molecule has 156 valence electrons. The molecular weight excluding hydrogens is 376 g/mol. The minimum Gasteiger partial charge on any atom is -0.469 e. The highest BCUT2D eigenvalue weighted by Crippen LogP contribution is 2.21. The zero-order valence-corrected chi connectivity index (χ0v) is 16.6. The van der Waals surface area contributed by atoms with Gasteiger partial charge < -0.3 is 20.1 Å². The van der Waals surface area contributed by atoms with Gasteiger partial charge in [-0.15, -0.1) is 0 Å². The summed E-state index contributed by atoms with van der Waals surface area (Å²) in [6.07, 6.45) is 4.95. The van der Waals surface area contributed by atoms with Crippen LogP contribution in [0.3, 0.4) is 0 Å². The van der Waals surface area contributed by atoms with Gasteiger partial charge in [-0.2, -0.15) is 0 Å². The van der Waals surface area contributed by atoms with Crippen molar-refractivity contribution >= 4 is 23.8 Å². The first-order valence-electron chi connectivity index (χ1n) is 9.46. The Morgan fingerprint density at radius 1 is 1.00 bits per heavy atom. The molecule has 1 aliphatic rings. The van der Waals surface area contributed by atoms with Crippen molar-refractivity contribution < 1.29 is 28.7 Å². The van der Waals surface area contributed by atoms with Crippen molar-refractivity contribution in [2.75, 3.05) is 14.2 Å². The predicted octanol–water partition coefficient (Wildman–Crippen LogP) is 1.51. The van der Waals surface area contributed by atoms with E-state index in [0.29, 0.717) is 12.0 Å². The lowest BCUT2D eigenvalue weighted by Crippen LogP contribution is -2.53. The number of hydrogen-bond acceptors (Lipinski definition) is 6. The molecule has 2 atom stereocenters. The molecule has 0 saturated carbocycles. The third kappa shape index (κ3) is 6.44. The first kappa shape index (κ1) is 22.1. The Kier molecular flexibility index (Phi) is 8.39. The molecule has 0 aromatic heterocycles. The number of methoxy groups -OCH3 is 2. The van der Waals surface area contributed by atoms with E-state index in [-0.39, 0.29) is 6.42 Å². The molecule has 2 N–H and O–H groups in total. The number of rotatable bonds is 8. The van der Waals surface area contributed by atoms with Gasteiger partial charge in [0, 0.05) is 5.56 Å². The Morgan fingerprint density at radius 2 is 1.72 bits per heavy atom. The summed E-state index contributed by atoms with van der Waals surface area (Å²) in [4.78, 5) is 49.2. The summed E-state index contributed by atoms with van der Waals surface area (Å²) in [5.74, 6) is -2.42. The van der Waals surface area contributed by atoms with Gasteiger partial charge in [0.1, 0.15) is 12.1 Å². The van der Waals surface area contributed by atoms with Gasteiger partial charge >= 0.3 is 11.9 Å². The number of esters is 2. The summed E-state index contributed by atoms with van der Waals surface area (Å²) >= 11 is 0. The quantitative estimate of drug-likeness (QED) is 0.504. The van der Waals surface area contributed by atoms with E-state index < -0.39 is 35.8 Å². The highest BCUT2D eigenvalue weighted by atomic mass is 16.5. The van der Waals surface area contributed by atoms with Gasteiger partial charge in [0.2, 0.25) is 5.91 Å². The van der Waals surface area contributed by atoms with Crippen LogP contribution in [0.5, 0.6) is 0 Å². The lowest BCUT2D eigenvalue weighted by molar-refractivity contribution is -0.150. The van der Waals surface area contributed by atoms with Crippen molar-refractivity contribution in [3.05, 3.63) is 47.5 Å². The van der Waals surface area contributed by atoms with E-state index >= 15 is 0 Å². The number of amides is 2. The smallest absolute Gasteiger partial charge is 0.328 e. The molecule has 0 radical (unpaired) electrons. The summed E-state index contributed by atoms with van der Waals surface area (Å²) in [6.45, 7) is 0. The molecule has 0 heterocycles. The SMILES string of the molecule is COC(=O)C[C@H](NC(=O)C(NC(=O)c1ccccc1)C1=CCCCC1)C(=O)OC. The fraction of sp³-hybridized carbons (Fsp3) is 0.429. The molecule has 0 saturated heterocycles. The maximum atomic E-state index is 13.0. The van der Waals surface area contributed by atoms with E-state index in [1.54, 1.807) is 30.3 Å². The van der Waals surface area contributed by atoms with Gasteiger partial charge in [0.15, 0.2) is 0 Å². The van der Waals surface area contributed by atoms with E-state index in [0.717, 1.165) is 31.9 Å². The number of carbonyl (C=O) groups excluding carboxylic acids is 4. The van der Waals surface area contributed by atoms with Gasteiger partial charge in [0.05, 0.1) is 20.6 Å². The number of nitrogens with one attached hydrogen (secondary N) is 2. The second kappa shape index (κ2) is 11.0. The van der Waals surface area contributed by atoms with Gasteiger partial charge in [-0.3, -0.25) is 14.4 Å². The van der Waals surface area contributed by atoms with E-state index in [2.05, 4.69) is 20.1 Å². The number of hydrogen-bond donors (Lipinski definition) is 2. The number of ether oxygens (including phenoxy) is 2. The third-order valence-electron chi connectivity index (χ3n) is 4.67. The monoisotopic (exact) mass is 402 g/mol. The molecule has 29 heavy (non-hydrogen) atoms. The van der Waals surface area contributed by atoms with E-state index in [1.165, 1.54) is 7.11 Å². The van der Waals surface area contributed by atoms with E-state index in [4.69, 9.17) is 0 Å². The van der Waals surface area contributed by atoms with Crippen molar-refractivity contribution in [2.45, 2.75) is 44.2 Å². The van der Waals surface area contributed by atoms with Crippen LogP contribution in [-0.2, 0) is 23.9 Å². The van der Waals surface area contributed by atoms with Crippen LogP contribution in [-0.4, -0.2) is 50.1 Å². The molecule has 1 unspecified atom stereocenters. The molecule has 0 spiro atoms. The van der Waals surface area contributed by atoms with Crippen LogP contribution in [0.15, 0.2) is 42.0 Å². The Bertz CT molecular complexity index is 775. The van der Waals surface area contributed by atoms with E-state index in [9.17, 15) is 19.2 Å². The number of allylic oxidation sites excluding steroid dienone is 1. The predicted molar refractivity (Wildman–Crippen MR) is 105 cm³/mol. The van der Waals surface area contributed by atoms with Crippen LogP contribution in [0, 0.1) is 0 Å². The molecule has 2 amide bonds. The molecule has 0 bridgehead atoms. The van der Waals surface area contributed by atoms with Crippen LogP contribution in [0.1, 0.15) is 42.5 Å². The highest BCUT2D eigenvalue weighted by Gasteiger charge is 2.31. The largest absolute Gasteiger partial charge is 0.469 e. The van der Waals surface area contributed by atoms with E-state index in [1.807, 2.05) is 6.08 Å². The van der Waals surface area contributed by atoms with Crippen molar-refractivity contribution in [1.82, 2.24) is 10.6 Å². The first-order valence-corrected chi connectivity index (χ1v) is 9.46. The van der Waals surface area contributed by atoms with Gasteiger partial charge in [0.25, 0.3) is 5.91 Å². The molecule has 8 nitrogen and oxygen atoms in total. The standard InChI is InChI=1S/C21H26N2O6/c1-28-17(24)13-16(21(27)29-2)22-20(26)18(14-9-5-3-6-10-14)23-19(25)15-11-7-4-8-12-15/h4,7-9,11-12,16,18H,3,5-6,10,13H2,1-2H3,(H,22,26)(H,23,25)/t16-,18?/m0/s1. The Labute approximate surface area is 169 Å². The molecule has 0 fully saturated rings. The molecule has 2 rings (SSSR count). The Hall–Kier alpha value is -3.16. The second-order valence-corrected chi connectivity index (χ2v) is 6.66. The Morgan fingerprint density at radius 3 is 2.31 bits per heavy atom. The van der Waals surface area contributed by atoms with Crippen molar-refractivity contribution in [3.8, 4) is 0 Å². The van der Waals surface area contributed by atoms with Crippen molar-refractivity contribution in [2.24, 2.45) is 0 Å². The summed E-state index contributed by atoms with van der Waals surface area (Å²) in [7, 11) is 2.35. The molecule has 1 aromatic rings. The minimum atomic E-state index is -1.21. The lowest BCUT2D eigenvalue weighted by Gasteiger charge is -2.25. The molecule has 1 aliphatic carbocycles. The fourth-order valence-electron chi connectivity index (χ4n) is 3.10. The van der Waals surface area contributed by atoms with Crippen LogP contribution in [0.25, 0.3) is 0 Å². The zero-order chi connectivity index (χ0) is 21.2. The maximum Gasteiger partial charge on any atom is 0.328 e. The normalized spacial score (nSPS) is 15.3. The van der Waals surface area contributed by atoms with Crippen LogP contribution >= 0.6 is 0 Å².